The van der Waals surface area contributed by atoms with Gasteiger partial charge in [-0.15, -0.1) is 0 Å². The first-order valence-corrected chi connectivity index (χ1v) is 7.05. The maximum absolute atomic E-state index is 12.0. The highest BCUT2D eigenvalue weighted by Gasteiger charge is 2.13. The van der Waals surface area contributed by atoms with Crippen LogP contribution in [0.25, 0.3) is 5.69 Å². The molecule has 1 aromatic heterocycles. The number of nitrogens with zero attached hydrogens (tertiary/aromatic N) is 2. The molecule has 1 heterocycles. The van der Waals surface area contributed by atoms with Crippen molar-refractivity contribution < 1.29 is 4.79 Å². The first-order valence-electron chi connectivity index (χ1n) is 7.05. The Morgan fingerprint density at radius 3 is 2.76 bits per heavy atom. The Morgan fingerprint density at radius 1 is 1.33 bits per heavy atom. The molecule has 0 aliphatic heterocycles. The van der Waals surface area contributed by atoms with Gasteiger partial charge < -0.3 is 11.1 Å². The van der Waals surface area contributed by atoms with Gasteiger partial charge in [0.15, 0.2) is 5.69 Å². The number of nitrogens with two attached hydrogens (primary N) is 1. The second-order valence-corrected chi connectivity index (χ2v) is 6.31. The Bertz CT molecular complexity index is 625. The van der Waals surface area contributed by atoms with Gasteiger partial charge in [-0.25, -0.2) is 4.68 Å². The van der Waals surface area contributed by atoms with Crippen LogP contribution in [0.1, 0.15) is 37.7 Å². The lowest BCUT2D eigenvalue weighted by Crippen LogP contribution is -2.27. The minimum Gasteiger partial charge on any atom is -0.399 e. The van der Waals surface area contributed by atoms with Gasteiger partial charge in [0, 0.05) is 18.4 Å². The van der Waals surface area contributed by atoms with Gasteiger partial charge in [0.05, 0.1) is 5.69 Å². The molecule has 0 saturated heterocycles. The smallest absolute Gasteiger partial charge is 0.271 e. The first-order chi connectivity index (χ1) is 9.85. The van der Waals surface area contributed by atoms with E-state index in [0.717, 1.165) is 12.1 Å². The standard InChI is InChI=1S/C16H22N4O/c1-16(2,3)8-9-18-15(21)14-7-10-20(19-14)13-6-4-5-12(17)11-13/h4-7,10-11H,8-9,17H2,1-3H3,(H,18,21). The average molecular weight is 286 g/mol. The minimum absolute atomic E-state index is 0.151. The van der Waals surface area contributed by atoms with Gasteiger partial charge >= 0.3 is 0 Å². The van der Waals surface area contributed by atoms with E-state index in [4.69, 9.17) is 5.73 Å². The van der Waals surface area contributed by atoms with E-state index in [1.165, 1.54) is 0 Å². The lowest BCUT2D eigenvalue weighted by Gasteiger charge is -2.17. The van der Waals surface area contributed by atoms with Gasteiger partial charge in [-0.3, -0.25) is 4.79 Å². The average Bonchev–Trinajstić information content (AvgIpc) is 2.86. The summed E-state index contributed by atoms with van der Waals surface area (Å²) in [7, 11) is 0. The Balaban J connectivity index is 2.01. The topological polar surface area (TPSA) is 72.9 Å². The van der Waals surface area contributed by atoms with E-state index >= 15 is 0 Å². The number of aromatic nitrogens is 2. The molecule has 0 aliphatic rings. The van der Waals surface area contributed by atoms with E-state index in [1.807, 2.05) is 24.3 Å². The van der Waals surface area contributed by atoms with Gasteiger partial charge in [0.2, 0.25) is 0 Å². The molecule has 0 fully saturated rings. The Morgan fingerprint density at radius 2 is 2.10 bits per heavy atom. The molecule has 0 atom stereocenters. The monoisotopic (exact) mass is 286 g/mol. The zero-order valence-electron chi connectivity index (χ0n) is 12.8. The summed E-state index contributed by atoms with van der Waals surface area (Å²) in [4.78, 5) is 12.0. The van der Waals surface area contributed by atoms with E-state index in [9.17, 15) is 4.79 Å². The summed E-state index contributed by atoms with van der Waals surface area (Å²) in [5.41, 5.74) is 7.86. The van der Waals surface area contributed by atoms with E-state index in [1.54, 1.807) is 16.9 Å². The van der Waals surface area contributed by atoms with Crippen LogP contribution in [0.4, 0.5) is 5.69 Å². The van der Waals surface area contributed by atoms with Crippen LogP contribution in [0.15, 0.2) is 36.5 Å². The maximum Gasteiger partial charge on any atom is 0.271 e. The summed E-state index contributed by atoms with van der Waals surface area (Å²) in [5.74, 6) is -0.151. The highest BCUT2D eigenvalue weighted by atomic mass is 16.1. The van der Waals surface area contributed by atoms with Crippen LogP contribution in [0, 0.1) is 5.41 Å². The van der Waals surface area contributed by atoms with Crippen molar-refractivity contribution in [3.05, 3.63) is 42.2 Å². The molecule has 112 valence electrons. The molecule has 2 rings (SSSR count). The molecule has 0 saturated carbocycles. The Hall–Kier alpha value is -2.30. The van der Waals surface area contributed by atoms with Crippen molar-refractivity contribution in [2.24, 2.45) is 5.41 Å². The molecular formula is C16H22N4O. The molecule has 5 heteroatoms. The summed E-state index contributed by atoms with van der Waals surface area (Å²) < 4.78 is 1.65. The van der Waals surface area contributed by atoms with Crippen molar-refractivity contribution in [1.29, 1.82) is 0 Å². The molecule has 0 aliphatic carbocycles. The third-order valence-electron chi connectivity index (χ3n) is 3.12. The van der Waals surface area contributed by atoms with E-state index in [2.05, 4.69) is 31.2 Å². The van der Waals surface area contributed by atoms with E-state index in [-0.39, 0.29) is 11.3 Å². The van der Waals surface area contributed by atoms with Crippen molar-refractivity contribution in [3.8, 4) is 5.69 Å². The lowest BCUT2D eigenvalue weighted by atomic mass is 9.92. The fraction of sp³-hybridized carbons (Fsp3) is 0.375. The molecule has 2 aromatic rings. The van der Waals surface area contributed by atoms with E-state index < -0.39 is 0 Å². The van der Waals surface area contributed by atoms with Gasteiger partial charge in [-0.1, -0.05) is 26.8 Å². The predicted molar refractivity (Wildman–Crippen MR) is 84.4 cm³/mol. The number of hydrogen-bond donors (Lipinski definition) is 2. The largest absolute Gasteiger partial charge is 0.399 e. The number of benzene rings is 1. The van der Waals surface area contributed by atoms with Crippen LogP contribution < -0.4 is 11.1 Å². The number of nitrogens with one attached hydrogen (secondary N) is 1. The fourth-order valence-corrected chi connectivity index (χ4v) is 1.90. The molecule has 0 spiro atoms. The van der Waals surface area contributed by atoms with Crippen molar-refractivity contribution in [1.82, 2.24) is 15.1 Å². The highest BCUT2D eigenvalue weighted by Crippen LogP contribution is 2.17. The quantitative estimate of drug-likeness (QED) is 0.849. The maximum atomic E-state index is 12.0. The zero-order valence-corrected chi connectivity index (χ0v) is 12.8. The summed E-state index contributed by atoms with van der Waals surface area (Å²) in [6, 6.07) is 9.08. The van der Waals surface area contributed by atoms with Gasteiger partial charge in [0.1, 0.15) is 0 Å². The fourth-order valence-electron chi connectivity index (χ4n) is 1.90. The second-order valence-electron chi connectivity index (χ2n) is 6.31. The van der Waals surface area contributed by atoms with Crippen LogP contribution >= 0.6 is 0 Å². The molecule has 0 unspecified atom stereocenters. The Kier molecular flexibility index (Phi) is 4.31. The van der Waals surface area contributed by atoms with Crippen molar-refractivity contribution in [3.63, 3.8) is 0 Å². The van der Waals surface area contributed by atoms with Gasteiger partial charge in [-0.2, -0.15) is 5.10 Å². The van der Waals surface area contributed by atoms with Crippen LogP contribution in [0.3, 0.4) is 0 Å². The van der Waals surface area contributed by atoms with Crippen molar-refractivity contribution in [2.45, 2.75) is 27.2 Å². The molecule has 0 radical (unpaired) electrons. The molecule has 5 nitrogen and oxygen atoms in total. The Labute approximate surface area is 125 Å². The summed E-state index contributed by atoms with van der Waals surface area (Å²) in [5, 5.41) is 7.18. The molecule has 21 heavy (non-hydrogen) atoms. The van der Waals surface area contributed by atoms with Crippen LogP contribution in [0.2, 0.25) is 0 Å². The number of anilines is 1. The van der Waals surface area contributed by atoms with Crippen molar-refractivity contribution >= 4 is 11.6 Å². The van der Waals surface area contributed by atoms with Gasteiger partial charge in [-0.05, 0) is 36.1 Å². The summed E-state index contributed by atoms with van der Waals surface area (Å²) in [6.45, 7) is 7.09. The SMILES string of the molecule is CC(C)(C)CCNC(=O)c1ccn(-c2cccc(N)c2)n1. The minimum atomic E-state index is -0.151. The highest BCUT2D eigenvalue weighted by molar-refractivity contribution is 5.92. The first kappa shape index (κ1) is 15.1. The molecule has 0 bridgehead atoms. The molecule has 3 N–H and O–H groups in total. The van der Waals surface area contributed by atoms with Crippen LogP contribution in [0.5, 0.6) is 0 Å². The van der Waals surface area contributed by atoms with Gasteiger partial charge in [0.25, 0.3) is 5.91 Å². The van der Waals surface area contributed by atoms with Crippen molar-refractivity contribution in [2.75, 3.05) is 12.3 Å². The third-order valence-corrected chi connectivity index (χ3v) is 3.12. The van der Waals surface area contributed by atoms with E-state index in [0.29, 0.717) is 17.9 Å². The predicted octanol–water partition coefficient (Wildman–Crippen LogP) is 2.62. The number of rotatable bonds is 4. The third kappa shape index (κ3) is 4.34. The van der Waals surface area contributed by atoms with Crippen LogP contribution in [-0.4, -0.2) is 22.2 Å². The zero-order chi connectivity index (χ0) is 15.5. The summed E-state index contributed by atoms with van der Waals surface area (Å²) >= 11 is 0. The number of nitrogen functional groups attached to an aromatic ring is 1. The molecule has 1 amide bonds. The number of carbonyl (C=O) groups is 1. The number of carbonyl (C=O) groups excluding carboxylic acids is 1. The molecule has 1 aromatic carbocycles. The molecular weight excluding hydrogens is 264 g/mol. The lowest BCUT2D eigenvalue weighted by molar-refractivity contribution is 0.0944. The summed E-state index contributed by atoms with van der Waals surface area (Å²) in [6.07, 6.45) is 2.68. The number of amides is 1. The van der Waals surface area contributed by atoms with Crippen LogP contribution in [-0.2, 0) is 0 Å². The second kappa shape index (κ2) is 5.99. The normalized spacial score (nSPS) is 11.4. The number of hydrogen-bond acceptors (Lipinski definition) is 3.